The molecule has 0 unspecified atom stereocenters. The standard InChI is InChI=1S/C44H37BN6O.Pt/c1-27-11-10-12-28(2)41(27)45-48(7)37-20-19-36-42-43(37)51(45)35-18-16-31(25-39(35)49(42)26-47(36)6)52-30-15-17-33-32-13-8-9-14-34(32)50(38(33)24-30)40-23-29(21-22-46-40)44(3,4)5;/h8-23H,1-7H3;/q-2;/i6D3;. The van der Waals surface area contributed by atoms with E-state index in [9.17, 15) is 0 Å². The van der Waals surface area contributed by atoms with Crippen LogP contribution in [-0.4, -0.2) is 28.1 Å². The minimum absolute atomic E-state index is 0. The molecule has 0 radical (unpaired) electrons. The summed E-state index contributed by atoms with van der Waals surface area (Å²) in [6.07, 6.45) is 5.06. The number of ether oxygens (including phenoxy) is 1. The van der Waals surface area contributed by atoms with E-state index in [2.05, 4.69) is 123 Å². The third-order valence-electron chi connectivity index (χ3n) is 10.8. The van der Waals surface area contributed by atoms with Crippen molar-refractivity contribution in [3.63, 3.8) is 0 Å². The van der Waals surface area contributed by atoms with Crippen molar-refractivity contribution >= 4 is 62.3 Å². The number of fused-ring (bicyclic) bond motifs is 6. The Hall–Kier alpha value is -5.33. The van der Waals surface area contributed by atoms with Gasteiger partial charge in [-0.15, -0.1) is 29.7 Å². The van der Waals surface area contributed by atoms with Crippen molar-refractivity contribution in [2.75, 3.05) is 16.7 Å². The Bertz CT molecular complexity index is 2890. The summed E-state index contributed by atoms with van der Waals surface area (Å²) < 4.78 is 37.1. The van der Waals surface area contributed by atoms with Crippen LogP contribution in [0.25, 0.3) is 44.3 Å². The maximum absolute atomic E-state index is 8.41. The predicted octanol–water partition coefficient (Wildman–Crippen LogP) is 8.35. The van der Waals surface area contributed by atoms with Gasteiger partial charge in [-0.25, -0.2) is 4.98 Å². The summed E-state index contributed by atoms with van der Waals surface area (Å²) in [7, 11) is 2.10. The number of para-hydroxylation sites is 1. The first-order chi connectivity index (χ1) is 26.3. The Morgan fingerprint density at radius 1 is 0.849 bits per heavy atom. The first-order valence-corrected chi connectivity index (χ1v) is 17.6. The number of hydrogen-bond acceptors (Lipinski definition) is 4. The van der Waals surface area contributed by atoms with Crippen molar-refractivity contribution in [1.82, 2.24) is 14.1 Å². The minimum atomic E-state index is -2.44. The number of anilines is 3. The molecule has 0 saturated heterocycles. The molecule has 53 heavy (non-hydrogen) atoms. The Kier molecular flexibility index (Phi) is 6.74. The van der Waals surface area contributed by atoms with Crippen LogP contribution in [0.15, 0.2) is 97.2 Å². The van der Waals surface area contributed by atoms with Crippen LogP contribution < -0.4 is 24.4 Å². The van der Waals surface area contributed by atoms with Gasteiger partial charge < -0.3 is 28.1 Å². The molecule has 2 aliphatic rings. The quantitative estimate of drug-likeness (QED) is 0.101. The number of rotatable bonds is 4. The Morgan fingerprint density at radius 2 is 1.60 bits per heavy atom. The van der Waals surface area contributed by atoms with Gasteiger partial charge in [0.25, 0.3) is 0 Å². The van der Waals surface area contributed by atoms with Gasteiger partial charge in [-0.3, -0.25) is 0 Å². The van der Waals surface area contributed by atoms with Crippen LogP contribution in [0.2, 0.25) is 0 Å². The average Bonchev–Trinajstić information content (AvgIpc) is 3.79. The molecular formula is C44H37BN6OPt-2. The van der Waals surface area contributed by atoms with Gasteiger partial charge in [0, 0.05) is 55.7 Å². The van der Waals surface area contributed by atoms with Crippen LogP contribution in [-0.2, 0) is 33.5 Å². The van der Waals surface area contributed by atoms with E-state index in [0.29, 0.717) is 22.7 Å². The molecule has 0 saturated carbocycles. The zero-order valence-corrected chi connectivity index (χ0v) is 32.5. The number of benzene rings is 5. The van der Waals surface area contributed by atoms with E-state index < -0.39 is 6.98 Å². The van der Waals surface area contributed by atoms with Crippen LogP contribution in [0.3, 0.4) is 0 Å². The van der Waals surface area contributed by atoms with E-state index >= 15 is 0 Å². The topological polar surface area (TPSA) is 42.3 Å². The molecular weight excluding hydrogens is 834 g/mol. The molecule has 264 valence electrons. The summed E-state index contributed by atoms with van der Waals surface area (Å²) in [6.45, 7) is 8.28. The van der Waals surface area contributed by atoms with E-state index in [1.54, 1.807) is 0 Å². The molecule has 7 nitrogen and oxygen atoms in total. The zero-order valence-electron chi connectivity index (χ0n) is 33.2. The van der Waals surface area contributed by atoms with Gasteiger partial charge in [0.2, 0.25) is 6.33 Å². The number of aryl methyl sites for hydroxylation is 3. The summed E-state index contributed by atoms with van der Waals surface area (Å²) in [6, 6.07) is 37.9. The molecule has 9 heteroatoms. The Balaban J connectivity index is 0.00000410. The zero-order chi connectivity index (χ0) is 38.1. The molecule has 5 aromatic carbocycles. The first kappa shape index (κ1) is 30.2. The first-order valence-electron chi connectivity index (χ1n) is 19.1. The number of pyridine rings is 1. The Morgan fingerprint density at radius 3 is 2.40 bits per heavy atom. The second kappa shape index (κ2) is 11.8. The predicted molar refractivity (Wildman–Crippen MR) is 210 cm³/mol. The van der Waals surface area contributed by atoms with E-state index in [1.807, 2.05) is 53.2 Å². The Labute approximate surface area is 328 Å². The van der Waals surface area contributed by atoms with Crippen LogP contribution in [0.4, 0.5) is 17.1 Å². The van der Waals surface area contributed by atoms with Gasteiger partial charge in [-0.1, -0.05) is 85.6 Å². The van der Waals surface area contributed by atoms with Crippen LogP contribution in [0.1, 0.15) is 41.6 Å². The molecule has 10 rings (SSSR count). The number of aromatic nitrogens is 4. The molecule has 2 aliphatic heterocycles. The summed E-state index contributed by atoms with van der Waals surface area (Å²) in [4.78, 5) is 9.41. The van der Waals surface area contributed by atoms with E-state index in [-0.39, 0.29) is 33.5 Å². The maximum atomic E-state index is 8.41. The molecule has 0 spiro atoms. The molecule has 5 heterocycles. The van der Waals surface area contributed by atoms with Crippen LogP contribution in [0, 0.1) is 32.3 Å². The molecule has 0 fully saturated rings. The van der Waals surface area contributed by atoms with E-state index in [4.69, 9.17) is 13.8 Å². The van der Waals surface area contributed by atoms with Crippen molar-refractivity contribution in [1.29, 1.82) is 0 Å². The van der Waals surface area contributed by atoms with Gasteiger partial charge in [0.05, 0.1) is 22.1 Å². The van der Waals surface area contributed by atoms with Crippen LogP contribution in [0.5, 0.6) is 11.5 Å². The van der Waals surface area contributed by atoms with Gasteiger partial charge in [-0.2, -0.15) is 12.1 Å². The minimum Gasteiger partial charge on any atom is -0.510 e. The monoisotopic (exact) mass is 874 g/mol. The molecule has 0 aliphatic carbocycles. The second-order valence-corrected chi connectivity index (χ2v) is 15.0. The maximum Gasteiger partial charge on any atom is 0.403 e. The summed E-state index contributed by atoms with van der Waals surface area (Å²) in [5.41, 5.74) is 11.4. The molecule has 0 amide bonds. The van der Waals surface area contributed by atoms with Crippen molar-refractivity contribution < 1.29 is 34.5 Å². The molecule has 0 N–H and O–H groups in total. The smallest absolute Gasteiger partial charge is 0.403 e. The van der Waals surface area contributed by atoms with Crippen molar-refractivity contribution in [2.45, 2.75) is 40.0 Å². The fourth-order valence-corrected chi connectivity index (χ4v) is 8.26. The fraction of sp³-hybridized carbons (Fsp3) is 0.182. The van der Waals surface area contributed by atoms with E-state index in [1.165, 1.54) is 26.7 Å². The number of nitrogens with zero attached hydrogens (tertiary/aromatic N) is 6. The fourth-order valence-electron chi connectivity index (χ4n) is 8.26. The SMILES string of the molecule is [2H]C([2H])([2H])[n+]1[c-]n2c3c4c(ccc31)N(C)B(c1c(C)cccc1C)N4c1ccc(Oc3[c-]c4c(cc3)c3ccccc3n4-c3cc(C(C)(C)C)ccn3)[c-]c1-2.[Pt]. The molecule has 0 bridgehead atoms. The third-order valence-corrected chi connectivity index (χ3v) is 10.8. The summed E-state index contributed by atoms with van der Waals surface area (Å²) in [5, 5.41) is 2.15. The van der Waals surface area contributed by atoms with Crippen molar-refractivity contribution in [3.8, 4) is 23.0 Å². The van der Waals surface area contributed by atoms with Gasteiger partial charge in [-0.05, 0) is 72.7 Å². The third kappa shape index (κ3) is 4.84. The van der Waals surface area contributed by atoms with Crippen molar-refractivity contribution in [3.05, 3.63) is 132 Å². The molecule has 3 aromatic heterocycles. The van der Waals surface area contributed by atoms with Crippen LogP contribution >= 0.6 is 0 Å². The largest absolute Gasteiger partial charge is 0.510 e. The van der Waals surface area contributed by atoms with E-state index in [0.717, 1.165) is 50.2 Å². The number of imidazole rings is 1. The number of hydrogen-bond donors (Lipinski definition) is 0. The summed E-state index contributed by atoms with van der Waals surface area (Å²) >= 11 is 0. The second-order valence-electron chi connectivity index (χ2n) is 15.0. The summed E-state index contributed by atoms with van der Waals surface area (Å²) in [5.74, 6) is 1.80. The van der Waals surface area contributed by atoms with Crippen molar-refractivity contribution in [2.24, 2.45) is 6.98 Å². The molecule has 0 atom stereocenters. The average molecular weight is 875 g/mol. The van der Waals surface area contributed by atoms with Gasteiger partial charge in [0.1, 0.15) is 5.82 Å². The molecule has 8 aromatic rings. The normalized spacial score (nSPS) is 14.4. The van der Waals surface area contributed by atoms with Gasteiger partial charge in [0.15, 0.2) is 0 Å². The van der Waals surface area contributed by atoms with Gasteiger partial charge >= 0.3 is 6.98 Å².